The van der Waals surface area contributed by atoms with Gasteiger partial charge in [-0.1, -0.05) is 29.4 Å². The number of hydrogen-bond donors (Lipinski definition) is 2. The van der Waals surface area contributed by atoms with E-state index in [1.807, 2.05) is 0 Å². The average Bonchev–Trinajstić information content (AvgIpc) is 3.31. The number of anilines is 1. The highest BCUT2D eigenvalue weighted by molar-refractivity contribution is 5.95. The highest BCUT2D eigenvalue weighted by Crippen LogP contribution is 2.33. The SMILES string of the molecule is Nc1cccc2c1cc(-c1nc(CNC(=O)c3ccccc3)no1)n2CC(F)(F)F. The summed E-state index contributed by atoms with van der Waals surface area (Å²) in [5.74, 6) is -0.300. The summed E-state index contributed by atoms with van der Waals surface area (Å²) < 4.78 is 45.7. The lowest BCUT2D eigenvalue weighted by atomic mass is 10.2. The maximum atomic E-state index is 13.2. The summed E-state index contributed by atoms with van der Waals surface area (Å²) in [5.41, 5.74) is 7.11. The summed E-state index contributed by atoms with van der Waals surface area (Å²) >= 11 is 0. The average molecular weight is 415 g/mol. The molecule has 0 atom stereocenters. The zero-order chi connectivity index (χ0) is 21.3. The maximum Gasteiger partial charge on any atom is 0.406 e. The van der Waals surface area contributed by atoms with Crippen molar-refractivity contribution in [3.8, 4) is 11.6 Å². The molecular weight excluding hydrogens is 399 g/mol. The van der Waals surface area contributed by atoms with Gasteiger partial charge in [-0.15, -0.1) is 0 Å². The molecule has 0 unspecified atom stereocenters. The van der Waals surface area contributed by atoms with E-state index < -0.39 is 12.7 Å². The van der Waals surface area contributed by atoms with E-state index >= 15 is 0 Å². The fourth-order valence-corrected chi connectivity index (χ4v) is 3.11. The third kappa shape index (κ3) is 3.97. The number of nitrogens with two attached hydrogens (primary N) is 1. The molecule has 0 bridgehead atoms. The van der Waals surface area contributed by atoms with Crippen LogP contribution in [0, 0.1) is 0 Å². The van der Waals surface area contributed by atoms with Crippen molar-refractivity contribution in [2.24, 2.45) is 0 Å². The summed E-state index contributed by atoms with van der Waals surface area (Å²) in [5, 5.41) is 6.85. The molecule has 0 radical (unpaired) electrons. The van der Waals surface area contributed by atoms with Crippen LogP contribution in [0.15, 0.2) is 59.1 Å². The Kier molecular flexibility index (Phi) is 4.90. The number of rotatable bonds is 5. The molecule has 2 heterocycles. The molecule has 4 rings (SSSR count). The number of nitrogen functional groups attached to an aromatic ring is 1. The largest absolute Gasteiger partial charge is 0.406 e. The molecule has 10 heteroatoms. The van der Waals surface area contributed by atoms with E-state index in [4.69, 9.17) is 10.3 Å². The molecule has 0 fully saturated rings. The summed E-state index contributed by atoms with van der Waals surface area (Å²) in [6.07, 6.45) is -4.46. The van der Waals surface area contributed by atoms with Gasteiger partial charge in [-0.25, -0.2) is 0 Å². The highest BCUT2D eigenvalue weighted by atomic mass is 19.4. The Morgan fingerprint density at radius 2 is 1.90 bits per heavy atom. The molecule has 0 aliphatic heterocycles. The second-order valence-electron chi connectivity index (χ2n) is 6.58. The second-order valence-corrected chi connectivity index (χ2v) is 6.58. The zero-order valence-electron chi connectivity index (χ0n) is 15.5. The van der Waals surface area contributed by atoms with E-state index in [1.54, 1.807) is 42.5 Å². The van der Waals surface area contributed by atoms with Crippen LogP contribution in [-0.2, 0) is 13.1 Å². The monoisotopic (exact) mass is 415 g/mol. The molecule has 1 amide bonds. The van der Waals surface area contributed by atoms with E-state index in [0.29, 0.717) is 22.2 Å². The highest BCUT2D eigenvalue weighted by Gasteiger charge is 2.31. The van der Waals surface area contributed by atoms with Crippen molar-refractivity contribution in [3.63, 3.8) is 0 Å². The number of hydrogen-bond acceptors (Lipinski definition) is 5. The van der Waals surface area contributed by atoms with Gasteiger partial charge in [-0.3, -0.25) is 4.79 Å². The Morgan fingerprint density at radius 3 is 2.63 bits per heavy atom. The van der Waals surface area contributed by atoms with Crippen LogP contribution in [0.1, 0.15) is 16.2 Å². The third-order valence-electron chi connectivity index (χ3n) is 4.45. The van der Waals surface area contributed by atoms with Crippen molar-refractivity contribution in [3.05, 3.63) is 66.0 Å². The molecule has 0 saturated heterocycles. The van der Waals surface area contributed by atoms with Crippen LogP contribution < -0.4 is 11.1 Å². The van der Waals surface area contributed by atoms with Crippen molar-refractivity contribution in [2.75, 3.05) is 5.73 Å². The Bertz CT molecular complexity index is 1200. The minimum Gasteiger partial charge on any atom is -0.398 e. The van der Waals surface area contributed by atoms with Crippen molar-refractivity contribution in [1.82, 2.24) is 20.0 Å². The molecule has 0 spiro atoms. The molecule has 2 aromatic heterocycles. The fraction of sp³-hybridized carbons (Fsp3) is 0.150. The Labute approximate surface area is 168 Å². The van der Waals surface area contributed by atoms with Crippen molar-refractivity contribution in [1.29, 1.82) is 0 Å². The summed E-state index contributed by atoms with van der Waals surface area (Å²) in [6, 6.07) is 14.7. The second kappa shape index (κ2) is 7.54. The molecule has 0 saturated carbocycles. The van der Waals surface area contributed by atoms with Gasteiger partial charge < -0.3 is 20.1 Å². The first-order chi connectivity index (χ1) is 14.3. The van der Waals surface area contributed by atoms with Crippen LogP contribution in [0.4, 0.5) is 18.9 Å². The number of benzene rings is 2. The van der Waals surface area contributed by atoms with Crippen LogP contribution in [0.3, 0.4) is 0 Å². The lowest BCUT2D eigenvalue weighted by Crippen LogP contribution is -2.23. The van der Waals surface area contributed by atoms with Crippen molar-refractivity contribution < 1.29 is 22.5 Å². The summed E-state index contributed by atoms with van der Waals surface area (Å²) in [7, 11) is 0. The van der Waals surface area contributed by atoms with E-state index in [-0.39, 0.29) is 29.9 Å². The summed E-state index contributed by atoms with van der Waals surface area (Å²) in [6.45, 7) is -1.28. The number of carbonyl (C=O) groups is 1. The van der Waals surface area contributed by atoms with Crippen molar-refractivity contribution >= 4 is 22.5 Å². The van der Waals surface area contributed by atoms with E-state index in [2.05, 4.69) is 15.5 Å². The van der Waals surface area contributed by atoms with Crippen molar-refractivity contribution in [2.45, 2.75) is 19.3 Å². The summed E-state index contributed by atoms with van der Waals surface area (Å²) in [4.78, 5) is 16.3. The first kappa shape index (κ1) is 19.5. The number of fused-ring (bicyclic) bond motifs is 1. The molecular formula is C20H16F3N5O2. The number of carbonyl (C=O) groups excluding carboxylic acids is 1. The van der Waals surface area contributed by atoms with Crippen LogP contribution in [0.5, 0.6) is 0 Å². The van der Waals surface area contributed by atoms with Gasteiger partial charge in [0.25, 0.3) is 11.8 Å². The molecule has 4 aromatic rings. The Hall–Kier alpha value is -3.82. The van der Waals surface area contributed by atoms with E-state index in [9.17, 15) is 18.0 Å². The van der Waals surface area contributed by atoms with Gasteiger partial charge in [0.15, 0.2) is 5.82 Å². The molecule has 30 heavy (non-hydrogen) atoms. The number of aromatic nitrogens is 3. The first-order valence-corrected chi connectivity index (χ1v) is 8.92. The number of nitrogens with one attached hydrogen (secondary N) is 1. The minimum atomic E-state index is -4.46. The van der Waals surface area contributed by atoms with Gasteiger partial charge in [0.05, 0.1) is 12.1 Å². The predicted molar refractivity (Wildman–Crippen MR) is 103 cm³/mol. The number of nitrogens with zero attached hydrogens (tertiary/aromatic N) is 3. The molecule has 7 nitrogen and oxygen atoms in total. The first-order valence-electron chi connectivity index (χ1n) is 8.92. The zero-order valence-corrected chi connectivity index (χ0v) is 15.5. The lowest BCUT2D eigenvalue weighted by Gasteiger charge is -2.11. The maximum absolute atomic E-state index is 13.2. The van der Waals surface area contributed by atoms with E-state index in [1.165, 1.54) is 12.1 Å². The van der Waals surface area contributed by atoms with Gasteiger partial charge in [-0.2, -0.15) is 18.2 Å². The molecule has 0 aliphatic carbocycles. The van der Waals surface area contributed by atoms with Gasteiger partial charge >= 0.3 is 6.18 Å². The number of amides is 1. The van der Waals surface area contributed by atoms with Gasteiger partial charge in [0.1, 0.15) is 12.2 Å². The Morgan fingerprint density at radius 1 is 1.13 bits per heavy atom. The fourth-order valence-electron chi connectivity index (χ4n) is 3.11. The van der Waals surface area contributed by atoms with Gasteiger partial charge in [-0.05, 0) is 30.3 Å². The van der Waals surface area contributed by atoms with Crippen LogP contribution in [0.25, 0.3) is 22.5 Å². The smallest absolute Gasteiger partial charge is 0.398 e. The predicted octanol–water partition coefficient (Wildman–Crippen LogP) is 3.77. The Balaban J connectivity index is 1.62. The lowest BCUT2D eigenvalue weighted by molar-refractivity contribution is -0.139. The molecule has 3 N–H and O–H groups in total. The van der Waals surface area contributed by atoms with Crippen LogP contribution >= 0.6 is 0 Å². The molecule has 2 aromatic carbocycles. The quantitative estimate of drug-likeness (QED) is 0.484. The third-order valence-corrected chi connectivity index (χ3v) is 4.45. The van der Waals surface area contributed by atoms with Gasteiger partial charge in [0.2, 0.25) is 0 Å². The van der Waals surface area contributed by atoms with Crippen LogP contribution in [-0.4, -0.2) is 26.8 Å². The number of alkyl halides is 3. The van der Waals surface area contributed by atoms with E-state index in [0.717, 1.165) is 4.57 Å². The standard InChI is InChI=1S/C20H16F3N5O2/c21-20(22,23)11-28-15-8-4-7-14(24)13(15)9-16(28)19-26-17(27-30-19)10-25-18(29)12-5-2-1-3-6-12/h1-9H,10-11,24H2,(H,25,29). The minimum absolute atomic E-state index is 0.0428. The molecule has 154 valence electrons. The molecule has 0 aliphatic rings. The number of halogens is 3. The normalized spacial score (nSPS) is 11.7. The van der Waals surface area contributed by atoms with Crippen LogP contribution in [0.2, 0.25) is 0 Å². The topological polar surface area (TPSA) is 99.0 Å². The van der Waals surface area contributed by atoms with Gasteiger partial charge in [0, 0.05) is 16.6 Å².